The van der Waals surface area contributed by atoms with E-state index in [1.54, 1.807) is 0 Å². The molecule has 0 spiro atoms. The predicted octanol–water partition coefficient (Wildman–Crippen LogP) is 2.25. The Morgan fingerprint density at radius 1 is 1.39 bits per heavy atom. The van der Waals surface area contributed by atoms with E-state index in [1.165, 1.54) is 0 Å². The van der Waals surface area contributed by atoms with Crippen molar-refractivity contribution in [1.29, 1.82) is 0 Å². The maximum atomic E-state index is 12.5. The molecule has 2 rings (SSSR count). The molecule has 3 nitrogen and oxygen atoms in total. The first-order chi connectivity index (χ1) is 8.63. The Balaban J connectivity index is 2.22. The minimum absolute atomic E-state index is 0.0227. The summed E-state index contributed by atoms with van der Waals surface area (Å²) in [4.78, 5) is 14.3. The number of nitrogens with zero attached hydrogens (tertiary/aromatic N) is 1. The van der Waals surface area contributed by atoms with Crippen LogP contribution in [-0.4, -0.2) is 18.5 Å². The van der Waals surface area contributed by atoms with Gasteiger partial charge in [0.25, 0.3) is 0 Å². The lowest BCUT2D eigenvalue weighted by Crippen LogP contribution is -2.36. The van der Waals surface area contributed by atoms with Gasteiger partial charge in [-0.05, 0) is 31.9 Å². The quantitative estimate of drug-likeness (QED) is 0.829. The summed E-state index contributed by atoms with van der Waals surface area (Å²) < 4.78 is 0. The number of anilines is 1. The van der Waals surface area contributed by atoms with E-state index in [0.717, 1.165) is 17.7 Å². The van der Waals surface area contributed by atoms with Crippen molar-refractivity contribution in [1.82, 2.24) is 0 Å². The zero-order chi connectivity index (χ0) is 13.1. The van der Waals surface area contributed by atoms with Crippen molar-refractivity contribution in [2.75, 3.05) is 11.4 Å². The van der Waals surface area contributed by atoms with Crippen molar-refractivity contribution in [3.05, 3.63) is 42.0 Å². The summed E-state index contributed by atoms with van der Waals surface area (Å²) >= 11 is 0. The van der Waals surface area contributed by atoms with E-state index in [-0.39, 0.29) is 17.9 Å². The van der Waals surface area contributed by atoms with Crippen LogP contribution in [-0.2, 0) is 4.79 Å². The highest BCUT2D eigenvalue weighted by atomic mass is 16.2. The molecule has 2 N–H and O–H groups in total. The number of benzene rings is 1. The largest absolute Gasteiger partial charge is 0.324 e. The first kappa shape index (κ1) is 12.8. The van der Waals surface area contributed by atoms with Crippen LogP contribution < -0.4 is 10.6 Å². The van der Waals surface area contributed by atoms with Gasteiger partial charge in [-0.15, -0.1) is 0 Å². The van der Waals surface area contributed by atoms with E-state index < -0.39 is 0 Å². The van der Waals surface area contributed by atoms with Crippen molar-refractivity contribution < 1.29 is 4.79 Å². The number of carbonyl (C=O) groups is 1. The summed E-state index contributed by atoms with van der Waals surface area (Å²) in [5.74, 6) is 0.0792. The fraction of sp³-hybridized carbons (Fsp3) is 0.400. The fourth-order valence-corrected chi connectivity index (χ4v) is 2.42. The number of hydrogen-bond acceptors (Lipinski definition) is 2. The topological polar surface area (TPSA) is 46.3 Å². The van der Waals surface area contributed by atoms with Crippen LogP contribution in [0.2, 0.25) is 0 Å². The van der Waals surface area contributed by atoms with Gasteiger partial charge < -0.3 is 10.6 Å². The Labute approximate surface area is 108 Å². The van der Waals surface area contributed by atoms with Crippen molar-refractivity contribution in [2.45, 2.75) is 26.3 Å². The molecule has 1 aliphatic rings. The lowest BCUT2D eigenvalue weighted by Gasteiger charge is -2.25. The minimum Gasteiger partial charge on any atom is -0.324 e. The van der Waals surface area contributed by atoms with Crippen molar-refractivity contribution in [3.63, 3.8) is 0 Å². The van der Waals surface area contributed by atoms with E-state index in [9.17, 15) is 4.79 Å². The van der Waals surface area contributed by atoms with Crippen LogP contribution >= 0.6 is 0 Å². The summed E-state index contributed by atoms with van der Waals surface area (Å²) in [6, 6.07) is 8.00. The Morgan fingerprint density at radius 2 is 2.11 bits per heavy atom. The van der Waals surface area contributed by atoms with E-state index in [4.69, 9.17) is 5.73 Å². The molecular weight excluding hydrogens is 224 g/mol. The summed E-state index contributed by atoms with van der Waals surface area (Å²) in [6.45, 7) is 4.72. The number of carbonyl (C=O) groups excluding carboxylic acids is 1. The highest BCUT2D eigenvalue weighted by molar-refractivity contribution is 5.97. The molecule has 0 radical (unpaired) electrons. The molecule has 0 fully saturated rings. The number of hydrogen-bond donors (Lipinski definition) is 1. The summed E-state index contributed by atoms with van der Waals surface area (Å²) in [7, 11) is 0. The number of rotatable bonds is 3. The third-order valence-electron chi connectivity index (χ3n) is 3.42. The molecule has 1 aromatic carbocycles. The van der Waals surface area contributed by atoms with E-state index >= 15 is 0 Å². The second-order valence-corrected chi connectivity index (χ2v) is 4.76. The fourth-order valence-electron chi connectivity index (χ4n) is 2.42. The van der Waals surface area contributed by atoms with Gasteiger partial charge in [0.1, 0.15) is 0 Å². The Hall–Kier alpha value is -1.61. The van der Waals surface area contributed by atoms with E-state index in [0.29, 0.717) is 6.54 Å². The van der Waals surface area contributed by atoms with Gasteiger partial charge in [-0.2, -0.15) is 0 Å². The van der Waals surface area contributed by atoms with Crippen LogP contribution in [0.4, 0.5) is 5.69 Å². The monoisotopic (exact) mass is 244 g/mol. The number of para-hydroxylation sites is 1. The van der Waals surface area contributed by atoms with E-state index in [1.807, 2.05) is 55.2 Å². The highest BCUT2D eigenvalue weighted by Crippen LogP contribution is 2.25. The molecule has 2 atom stereocenters. The van der Waals surface area contributed by atoms with Gasteiger partial charge in [0.2, 0.25) is 5.91 Å². The third kappa shape index (κ3) is 2.46. The summed E-state index contributed by atoms with van der Waals surface area (Å²) in [6.07, 6.45) is 4.59. The molecule has 0 aliphatic heterocycles. The van der Waals surface area contributed by atoms with Gasteiger partial charge in [-0.1, -0.05) is 30.4 Å². The lowest BCUT2D eigenvalue weighted by atomic mass is 10.0. The van der Waals surface area contributed by atoms with Gasteiger partial charge >= 0.3 is 0 Å². The predicted molar refractivity (Wildman–Crippen MR) is 74.4 cm³/mol. The van der Waals surface area contributed by atoms with Crippen molar-refractivity contribution >= 4 is 11.6 Å². The number of aryl methyl sites for hydroxylation is 1. The Bertz CT molecular complexity index is 467. The Morgan fingerprint density at radius 3 is 2.67 bits per heavy atom. The van der Waals surface area contributed by atoms with E-state index in [2.05, 4.69) is 0 Å². The molecule has 3 heteroatoms. The second-order valence-electron chi connectivity index (χ2n) is 4.76. The van der Waals surface area contributed by atoms with Crippen LogP contribution in [0, 0.1) is 12.8 Å². The molecule has 18 heavy (non-hydrogen) atoms. The molecule has 1 aliphatic carbocycles. The standard InChI is InChI=1S/C15H20N2O/c1-3-17(14-7-5-4-6-11(14)2)15(18)12-8-9-13(16)10-12/h4-9,12-13H,3,10,16H2,1-2H3. The molecule has 1 amide bonds. The molecule has 0 saturated heterocycles. The van der Waals surface area contributed by atoms with Crippen LogP contribution in [0.1, 0.15) is 18.9 Å². The van der Waals surface area contributed by atoms with Crippen LogP contribution in [0.5, 0.6) is 0 Å². The smallest absolute Gasteiger partial charge is 0.233 e. The van der Waals surface area contributed by atoms with Crippen molar-refractivity contribution in [2.24, 2.45) is 11.7 Å². The molecule has 0 bridgehead atoms. The SMILES string of the molecule is CCN(C(=O)C1C=CC(N)C1)c1ccccc1C. The molecular formula is C15H20N2O. The first-order valence-corrected chi connectivity index (χ1v) is 6.44. The Kier molecular flexibility index (Phi) is 3.82. The maximum absolute atomic E-state index is 12.5. The first-order valence-electron chi connectivity index (χ1n) is 6.44. The van der Waals surface area contributed by atoms with Crippen LogP contribution in [0.25, 0.3) is 0 Å². The highest BCUT2D eigenvalue weighted by Gasteiger charge is 2.27. The normalized spacial score (nSPS) is 22.2. The molecule has 1 aromatic rings. The van der Waals surface area contributed by atoms with Crippen molar-refractivity contribution in [3.8, 4) is 0 Å². The average Bonchev–Trinajstić information content (AvgIpc) is 2.79. The van der Waals surface area contributed by atoms with Crippen LogP contribution in [0.15, 0.2) is 36.4 Å². The number of nitrogens with two attached hydrogens (primary N) is 1. The molecule has 0 saturated carbocycles. The molecule has 96 valence electrons. The third-order valence-corrected chi connectivity index (χ3v) is 3.42. The molecule has 0 aromatic heterocycles. The zero-order valence-corrected chi connectivity index (χ0v) is 11.0. The zero-order valence-electron chi connectivity index (χ0n) is 11.0. The second kappa shape index (κ2) is 5.36. The average molecular weight is 244 g/mol. The van der Waals surface area contributed by atoms with Gasteiger partial charge in [0.05, 0.1) is 5.92 Å². The minimum atomic E-state index is -0.0699. The van der Waals surface area contributed by atoms with Gasteiger partial charge in [-0.3, -0.25) is 4.79 Å². The maximum Gasteiger partial charge on any atom is 0.233 e. The van der Waals surface area contributed by atoms with Gasteiger partial charge in [0, 0.05) is 18.3 Å². The van der Waals surface area contributed by atoms with Gasteiger partial charge in [-0.25, -0.2) is 0 Å². The number of amides is 1. The lowest BCUT2D eigenvalue weighted by molar-refractivity contribution is -0.121. The molecule has 2 unspecified atom stereocenters. The van der Waals surface area contributed by atoms with Crippen LogP contribution in [0.3, 0.4) is 0 Å². The van der Waals surface area contributed by atoms with Gasteiger partial charge in [0.15, 0.2) is 0 Å². The molecule has 0 heterocycles. The summed E-state index contributed by atoms with van der Waals surface area (Å²) in [5.41, 5.74) is 7.94. The summed E-state index contributed by atoms with van der Waals surface area (Å²) in [5, 5.41) is 0.